The molecule has 0 aromatic carbocycles. The van der Waals surface area contributed by atoms with E-state index in [4.69, 9.17) is 14.5 Å². The van der Waals surface area contributed by atoms with Crippen LogP contribution in [0.25, 0.3) is 0 Å². The molecule has 0 amide bonds. The number of ether oxygens (including phenoxy) is 1. The van der Waals surface area contributed by atoms with E-state index in [2.05, 4.69) is 4.52 Å². The highest BCUT2D eigenvalue weighted by atomic mass is 31.2. The van der Waals surface area contributed by atoms with Gasteiger partial charge < -0.3 is 14.5 Å². The van der Waals surface area contributed by atoms with Gasteiger partial charge in [-0.25, -0.2) is 4.57 Å². The molecule has 5 nitrogen and oxygen atoms in total. The minimum atomic E-state index is -4.33. The molecule has 0 spiro atoms. The van der Waals surface area contributed by atoms with Crippen LogP contribution in [0.15, 0.2) is 0 Å². The number of rotatable bonds is 5. The van der Waals surface area contributed by atoms with Gasteiger partial charge in [0.05, 0.1) is 19.8 Å². The summed E-state index contributed by atoms with van der Waals surface area (Å²) < 4.78 is 19.5. The molecule has 0 fully saturated rings. The van der Waals surface area contributed by atoms with Gasteiger partial charge in [0.25, 0.3) is 0 Å². The van der Waals surface area contributed by atoms with Crippen LogP contribution >= 0.6 is 7.82 Å². The fourth-order valence-electron chi connectivity index (χ4n) is 0.593. The number of phosphoric acid groups is 1. The van der Waals surface area contributed by atoms with Gasteiger partial charge in [0.1, 0.15) is 0 Å². The average molecular weight is 212 g/mol. The molecule has 0 saturated heterocycles. The van der Waals surface area contributed by atoms with Gasteiger partial charge in [0.15, 0.2) is 0 Å². The smallest absolute Gasteiger partial charge is 0.378 e. The third-order valence-corrected chi connectivity index (χ3v) is 1.54. The minimum Gasteiger partial charge on any atom is -0.378 e. The third kappa shape index (κ3) is 12.1. The Morgan fingerprint density at radius 3 is 2.15 bits per heavy atom. The lowest BCUT2D eigenvalue weighted by Crippen LogP contribution is -2.16. The average Bonchev–Trinajstić information content (AvgIpc) is 1.81. The molecule has 13 heavy (non-hydrogen) atoms. The molecule has 6 heteroatoms. The Hall–Kier alpha value is 0.0700. The summed E-state index contributed by atoms with van der Waals surface area (Å²) >= 11 is 0. The van der Waals surface area contributed by atoms with Crippen molar-refractivity contribution in [2.24, 2.45) is 5.41 Å². The molecule has 0 bridgehead atoms. The van der Waals surface area contributed by atoms with Crippen molar-refractivity contribution in [1.82, 2.24) is 0 Å². The zero-order chi connectivity index (χ0) is 10.5. The van der Waals surface area contributed by atoms with Gasteiger partial charge in [0.2, 0.25) is 0 Å². The zero-order valence-corrected chi connectivity index (χ0v) is 9.08. The van der Waals surface area contributed by atoms with Crippen LogP contribution in [-0.2, 0) is 13.8 Å². The van der Waals surface area contributed by atoms with Crippen LogP contribution in [0.4, 0.5) is 0 Å². The second-order valence-electron chi connectivity index (χ2n) is 3.94. The molecule has 0 aliphatic rings. The molecule has 2 N–H and O–H groups in total. The van der Waals surface area contributed by atoms with Crippen molar-refractivity contribution < 1.29 is 23.6 Å². The van der Waals surface area contributed by atoms with Crippen LogP contribution in [0, 0.1) is 5.41 Å². The Morgan fingerprint density at radius 2 is 1.77 bits per heavy atom. The topological polar surface area (TPSA) is 76.0 Å². The summed E-state index contributed by atoms with van der Waals surface area (Å²) in [6, 6.07) is 0. The number of hydrogen-bond acceptors (Lipinski definition) is 3. The normalized spacial score (nSPS) is 13.3. The monoisotopic (exact) mass is 212 g/mol. The van der Waals surface area contributed by atoms with Gasteiger partial charge in [-0.05, 0) is 5.41 Å². The number of hydrogen-bond donors (Lipinski definition) is 2. The lowest BCUT2D eigenvalue weighted by Gasteiger charge is -2.17. The third-order valence-electron chi connectivity index (χ3n) is 1.02. The predicted molar refractivity (Wildman–Crippen MR) is 48.3 cm³/mol. The molecule has 0 unspecified atom stereocenters. The van der Waals surface area contributed by atoms with Gasteiger partial charge in [-0.3, -0.25) is 4.52 Å². The summed E-state index contributed by atoms with van der Waals surface area (Å²) in [6.45, 7) is 6.69. The highest BCUT2D eigenvalue weighted by Crippen LogP contribution is 2.35. The standard InChI is InChI=1S/C7H17O5P/c1-7(2,3)6-11-4-5-12-13(8,9)10/h4-6H2,1-3H3,(H2,8,9,10). The molecule has 0 aliphatic carbocycles. The molecule has 0 aliphatic heterocycles. The maximum Gasteiger partial charge on any atom is 0.469 e. The van der Waals surface area contributed by atoms with Crippen LogP contribution in [-0.4, -0.2) is 29.6 Å². The summed E-state index contributed by atoms with van der Waals surface area (Å²) in [6.07, 6.45) is 0. The highest BCUT2D eigenvalue weighted by Gasteiger charge is 2.14. The largest absolute Gasteiger partial charge is 0.469 e. The van der Waals surface area contributed by atoms with Gasteiger partial charge in [-0.1, -0.05) is 20.8 Å². The van der Waals surface area contributed by atoms with Crippen molar-refractivity contribution in [2.75, 3.05) is 19.8 Å². The Bertz CT molecular complexity index is 180. The van der Waals surface area contributed by atoms with E-state index in [1.165, 1.54) is 0 Å². The van der Waals surface area contributed by atoms with Crippen LogP contribution in [0.2, 0.25) is 0 Å². The van der Waals surface area contributed by atoms with E-state index in [-0.39, 0.29) is 18.6 Å². The lowest BCUT2D eigenvalue weighted by molar-refractivity contribution is 0.0444. The van der Waals surface area contributed by atoms with E-state index in [1.54, 1.807) is 0 Å². The maximum absolute atomic E-state index is 10.2. The van der Waals surface area contributed by atoms with Gasteiger partial charge in [-0.2, -0.15) is 0 Å². The number of phosphoric ester groups is 1. The first-order valence-corrected chi connectivity index (χ1v) is 5.52. The maximum atomic E-state index is 10.2. The first-order chi connectivity index (χ1) is 5.71. The van der Waals surface area contributed by atoms with Crippen LogP contribution < -0.4 is 0 Å². The molecular formula is C7H17O5P. The van der Waals surface area contributed by atoms with E-state index >= 15 is 0 Å². The summed E-state index contributed by atoms with van der Waals surface area (Å²) in [7, 11) is -4.33. The van der Waals surface area contributed by atoms with Crippen LogP contribution in [0.5, 0.6) is 0 Å². The molecular weight excluding hydrogens is 195 g/mol. The van der Waals surface area contributed by atoms with Crippen molar-refractivity contribution in [3.05, 3.63) is 0 Å². The van der Waals surface area contributed by atoms with E-state index in [9.17, 15) is 4.57 Å². The van der Waals surface area contributed by atoms with Gasteiger partial charge in [-0.15, -0.1) is 0 Å². The van der Waals surface area contributed by atoms with E-state index in [1.807, 2.05) is 20.8 Å². The second kappa shape index (κ2) is 5.08. The van der Waals surface area contributed by atoms with E-state index < -0.39 is 7.82 Å². The fraction of sp³-hybridized carbons (Fsp3) is 1.00. The molecule has 0 saturated carbocycles. The molecule has 0 aromatic heterocycles. The van der Waals surface area contributed by atoms with Crippen molar-refractivity contribution in [3.8, 4) is 0 Å². The predicted octanol–water partition coefficient (Wildman–Crippen LogP) is 1.16. The Balaban J connectivity index is 3.33. The molecule has 0 rings (SSSR count). The van der Waals surface area contributed by atoms with Crippen LogP contribution in [0.3, 0.4) is 0 Å². The van der Waals surface area contributed by atoms with Crippen molar-refractivity contribution >= 4 is 7.82 Å². The van der Waals surface area contributed by atoms with Crippen molar-refractivity contribution in [3.63, 3.8) is 0 Å². The van der Waals surface area contributed by atoms with E-state index in [0.29, 0.717) is 6.61 Å². The summed E-state index contributed by atoms with van der Waals surface area (Å²) in [5.74, 6) is 0. The molecule has 0 aromatic rings. The highest BCUT2D eigenvalue weighted by molar-refractivity contribution is 7.46. The molecule has 80 valence electrons. The molecule has 0 radical (unpaired) electrons. The lowest BCUT2D eigenvalue weighted by atomic mass is 9.99. The summed E-state index contributed by atoms with van der Waals surface area (Å²) in [4.78, 5) is 16.6. The van der Waals surface area contributed by atoms with Crippen molar-refractivity contribution in [1.29, 1.82) is 0 Å². The quantitative estimate of drug-likeness (QED) is 0.528. The first-order valence-electron chi connectivity index (χ1n) is 3.98. The minimum absolute atomic E-state index is 0.0577. The zero-order valence-electron chi connectivity index (χ0n) is 8.19. The van der Waals surface area contributed by atoms with Gasteiger partial charge >= 0.3 is 7.82 Å². The molecule has 0 atom stereocenters. The first kappa shape index (κ1) is 13.1. The van der Waals surface area contributed by atoms with Crippen LogP contribution in [0.1, 0.15) is 20.8 Å². The Morgan fingerprint density at radius 1 is 1.23 bits per heavy atom. The fourth-order valence-corrected chi connectivity index (χ4v) is 0.906. The Kier molecular flexibility index (Phi) is 5.10. The summed E-state index contributed by atoms with van der Waals surface area (Å²) in [5.41, 5.74) is 0.0577. The van der Waals surface area contributed by atoms with Crippen molar-refractivity contribution in [2.45, 2.75) is 20.8 Å². The Labute approximate surface area is 78.3 Å². The second-order valence-corrected chi connectivity index (χ2v) is 5.18. The van der Waals surface area contributed by atoms with Gasteiger partial charge in [0, 0.05) is 0 Å². The van der Waals surface area contributed by atoms with E-state index in [0.717, 1.165) is 0 Å². The summed E-state index contributed by atoms with van der Waals surface area (Å²) in [5, 5.41) is 0. The molecule has 0 heterocycles. The SMILES string of the molecule is CC(C)(C)COCCOP(=O)(O)O.